The van der Waals surface area contributed by atoms with E-state index in [0.717, 1.165) is 11.1 Å². The number of carboxylic acid groups (broad SMARTS) is 1. The first-order valence-corrected chi connectivity index (χ1v) is 11.4. The van der Waals surface area contributed by atoms with Gasteiger partial charge in [0.25, 0.3) is 11.8 Å². The van der Waals surface area contributed by atoms with Crippen molar-refractivity contribution in [2.75, 3.05) is 29.0 Å². The molecule has 0 saturated heterocycles. The van der Waals surface area contributed by atoms with E-state index in [1.54, 1.807) is 43.3 Å². The van der Waals surface area contributed by atoms with Crippen molar-refractivity contribution < 1.29 is 29.1 Å². The number of para-hydroxylation sites is 2. The standard InChI is InChI=1S/C25H29N5O6/c1-3-15-9-16(8-14(2)23(15)26)24(35)29-19-11-27-18-6-4-5-7-20(18)30(25(19)36)12-21(32)28-17(13-31)10-22(33)34/h4-9,13,17,19,27H,3,10-12,26H2,1-2H3,(H,28,32)(H,29,35)(H,33,34). The summed E-state index contributed by atoms with van der Waals surface area (Å²) in [6.07, 6.45) is 0.383. The number of aliphatic carboxylic acids is 1. The summed E-state index contributed by atoms with van der Waals surface area (Å²) in [6.45, 7) is 3.33. The van der Waals surface area contributed by atoms with Gasteiger partial charge in [-0.2, -0.15) is 0 Å². The highest BCUT2D eigenvalue weighted by atomic mass is 16.4. The first kappa shape index (κ1) is 26.2. The second kappa shape index (κ2) is 11.3. The van der Waals surface area contributed by atoms with Crippen LogP contribution < -0.4 is 26.6 Å². The number of nitrogen functional groups attached to an aromatic ring is 1. The number of rotatable bonds is 9. The van der Waals surface area contributed by atoms with Gasteiger partial charge in [-0.25, -0.2) is 0 Å². The Bertz CT molecular complexity index is 1200. The van der Waals surface area contributed by atoms with Gasteiger partial charge in [-0.1, -0.05) is 19.1 Å². The first-order valence-electron chi connectivity index (χ1n) is 11.4. The fourth-order valence-electron chi connectivity index (χ4n) is 3.99. The van der Waals surface area contributed by atoms with Gasteiger partial charge < -0.3 is 31.6 Å². The lowest BCUT2D eigenvalue weighted by molar-refractivity contribution is -0.138. The molecule has 0 spiro atoms. The van der Waals surface area contributed by atoms with E-state index < -0.39 is 48.7 Å². The lowest BCUT2D eigenvalue weighted by atomic mass is 10.0. The molecule has 11 nitrogen and oxygen atoms in total. The minimum Gasteiger partial charge on any atom is -0.481 e. The number of amides is 3. The fraction of sp³-hybridized carbons (Fsp3) is 0.320. The monoisotopic (exact) mass is 495 g/mol. The van der Waals surface area contributed by atoms with Crippen molar-refractivity contribution in [1.29, 1.82) is 0 Å². The van der Waals surface area contributed by atoms with Crippen LogP contribution in [0.5, 0.6) is 0 Å². The van der Waals surface area contributed by atoms with Gasteiger partial charge in [0, 0.05) is 17.8 Å². The van der Waals surface area contributed by atoms with Gasteiger partial charge in [0.2, 0.25) is 5.91 Å². The molecular weight excluding hydrogens is 466 g/mol. The second-order valence-electron chi connectivity index (χ2n) is 8.48. The third-order valence-electron chi connectivity index (χ3n) is 5.88. The highest BCUT2D eigenvalue weighted by Gasteiger charge is 2.33. The number of fused-ring (bicyclic) bond motifs is 1. The Balaban J connectivity index is 1.84. The molecule has 2 unspecified atom stereocenters. The molecule has 6 N–H and O–H groups in total. The zero-order chi connectivity index (χ0) is 26.4. The molecule has 0 aliphatic carbocycles. The molecular formula is C25H29N5O6. The summed E-state index contributed by atoms with van der Waals surface area (Å²) in [6, 6.07) is 7.92. The second-order valence-corrected chi connectivity index (χ2v) is 8.48. The van der Waals surface area contributed by atoms with Crippen molar-refractivity contribution in [2.45, 2.75) is 38.8 Å². The van der Waals surface area contributed by atoms with Crippen molar-refractivity contribution in [2.24, 2.45) is 0 Å². The van der Waals surface area contributed by atoms with E-state index >= 15 is 0 Å². The maximum absolute atomic E-state index is 13.5. The molecule has 1 aliphatic rings. The normalized spacial score (nSPS) is 15.7. The molecule has 2 aromatic carbocycles. The van der Waals surface area contributed by atoms with Gasteiger partial charge in [0.1, 0.15) is 18.9 Å². The predicted molar refractivity (Wildman–Crippen MR) is 134 cm³/mol. The smallest absolute Gasteiger partial charge is 0.305 e. The summed E-state index contributed by atoms with van der Waals surface area (Å²) in [5.41, 5.74) is 9.61. The molecule has 0 fully saturated rings. The van der Waals surface area contributed by atoms with Crippen LogP contribution in [0.1, 0.15) is 34.8 Å². The Kier molecular flexibility index (Phi) is 8.26. The summed E-state index contributed by atoms with van der Waals surface area (Å²) >= 11 is 0. The lowest BCUT2D eigenvalue weighted by Crippen LogP contribution is -2.53. The van der Waals surface area contributed by atoms with Crippen molar-refractivity contribution >= 4 is 47.0 Å². The highest BCUT2D eigenvalue weighted by molar-refractivity contribution is 6.08. The van der Waals surface area contributed by atoms with E-state index in [2.05, 4.69) is 16.0 Å². The molecule has 1 heterocycles. The summed E-state index contributed by atoms with van der Waals surface area (Å²) in [5, 5.41) is 17.1. The minimum atomic E-state index is -1.25. The number of nitrogens with two attached hydrogens (primary N) is 1. The Morgan fingerprint density at radius 3 is 2.67 bits per heavy atom. The van der Waals surface area contributed by atoms with Gasteiger partial charge in [-0.15, -0.1) is 0 Å². The lowest BCUT2D eigenvalue weighted by Gasteiger charge is -2.25. The van der Waals surface area contributed by atoms with Crippen LogP contribution in [0.3, 0.4) is 0 Å². The molecule has 190 valence electrons. The van der Waals surface area contributed by atoms with Gasteiger partial charge in [-0.05, 0) is 48.7 Å². The molecule has 0 radical (unpaired) electrons. The Morgan fingerprint density at radius 1 is 1.28 bits per heavy atom. The van der Waals surface area contributed by atoms with E-state index in [0.29, 0.717) is 35.3 Å². The first-order chi connectivity index (χ1) is 17.1. The molecule has 2 atom stereocenters. The number of benzene rings is 2. The SMILES string of the molecule is CCc1cc(C(=O)NC2CNc3ccccc3N(CC(=O)NC(C=O)CC(=O)O)C2=O)cc(C)c1N. The van der Waals surface area contributed by atoms with Gasteiger partial charge in [0.05, 0.1) is 23.8 Å². The summed E-state index contributed by atoms with van der Waals surface area (Å²) in [7, 11) is 0. The van der Waals surface area contributed by atoms with Crippen LogP contribution in [0, 0.1) is 6.92 Å². The van der Waals surface area contributed by atoms with Crippen LogP contribution in [0.2, 0.25) is 0 Å². The molecule has 0 bridgehead atoms. The van der Waals surface area contributed by atoms with E-state index in [1.165, 1.54) is 4.90 Å². The maximum atomic E-state index is 13.5. The number of anilines is 3. The molecule has 1 aliphatic heterocycles. The Hall–Kier alpha value is -4.41. The predicted octanol–water partition coefficient (Wildman–Crippen LogP) is 0.855. The number of carbonyl (C=O) groups excluding carboxylic acids is 4. The minimum absolute atomic E-state index is 0.0737. The molecule has 2 aromatic rings. The van der Waals surface area contributed by atoms with Gasteiger partial charge in [-0.3, -0.25) is 24.1 Å². The molecule has 0 saturated carbocycles. The van der Waals surface area contributed by atoms with Crippen LogP contribution in [-0.4, -0.2) is 60.3 Å². The largest absolute Gasteiger partial charge is 0.481 e. The summed E-state index contributed by atoms with van der Waals surface area (Å²) < 4.78 is 0. The molecule has 0 aromatic heterocycles. The van der Waals surface area contributed by atoms with Crippen molar-refractivity contribution in [1.82, 2.24) is 10.6 Å². The number of nitrogens with zero attached hydrogens (tertiary/aromatic N) is 1. The quantitative estimate of drug-likeness (QED) is 0.252. The number of carbonyl (C=O) groups is 5. The third-order valence-corrected chi connectivity index (χ3v) is 5.88. The maximum Gasteiger partial charge on any atom is 0.305 e. The zero-order valence-electron chi connectivity index (χ0n) is 20.0. The molecule has 11 heteroatoms. The molecule has 3 rings (SSSR count). The Morgan fingerprint density at radius 2 is 2.00 bits per heavy atom. The van der Waals surface area contributed by atoms with Crippen LogP contribution >= 0.6 is 0 Å². The number of hydrogen-bond donors (Lipinski definition) is 5. The molecule has 36 heavy (non-hydrogen) atoms. The van der Waals surface area contributed by atoms with Gasteiger partial charge in [0.15, 0.2) is 0 Å². The van der Waals surface area contributed by atoms with E-state index in [4.69, 9.17) is 10.8 Å². The van der Waals surface area contributed by atoms with E-state index in [9.17, 15) is 24.0 Å². The zero-order valence-corrected chi connectivity index (χ0v) is 20.0. The summed E-state index contributed by atoms with van der Waals surface area (Å²) in [4.78, 5) is 62.5. The van der Waals surface area contributed by atoms with Crippen molar-refractivity contribution in [3.63, 3.8) is 0 Å². The van der Waals surface area contributed by atoms with Crippen molar-refractivity contribution in [3.8, 4) is 0 Å². The summed E-state index contributed by atoms with van der Waals surface area (Å²) in [5.74, 6) is -2.98. The Labute approximate surface area is 208 Å². The number of nitrogens with one attached hydrogen (secondary N) is 3. The van der Waals surface area contributed by atoms with E-state index in [-0.39, 0.29) is 6.54 Å². The van der Waals surface area contributed by atoms with Crippen LogP contribution in [0.4, 0.5) is 17.1 Å². The number of aryl methyl sites for hydroxylation is 2. The average Bonchev–Trinajstić information content (AvgIpc) is 2.97. The topological polar surface area (TPSA) is 171 Å². The number of aldehydes is 1. The van der Waals surface area contributed by atoms with Crippen LogP contribution in [-0.2, 0) is 25.6 Å². The van der Waals surface area contributed by atoms with Crippen molar-refractivity contribution in [3.05, 3.63) is 53.1 Å². The van der Waals surface area contributed by atoms with E-state index in [1.807, 2.05) is 6.92 Å². The van der Waals surface area contributed by atoms with Crippen LogP contribution in [0.15, 0.2) is 36.4 Å². The number of hydrogen-bond acceptors (Lipinski definition) is 7. The molecule has 3 amide bonds. The third kappa shape index (κ3) is 5.98. The van der Waals surface area contributed by atoms with Gasteiger partial charge >= 0.3 is 5.97 Å². The van der Waals surface area contributed by atoms with Crippen LogP contribution in [0.25, 0.3) is 0 Å². The number of carboxylic acids is 1. The highest BCUT2D eigenvalue weighted by Crippen LogP contribution is 2.29. The fourth-order valence-corrected chi connectivity index (χ4v) is 3.99. The average molecular weight is 496 g/mol.